The van der Waals surface area contributed by atoms with Crippen LogP contribution in [0.3, 0.4) is 0 Å². The number of nitrogens with zero attached hydrogens (tertiary/aromatic N) is 2. The van der Waals surface area contributed by atoms with Gasteiger partial charge in [-0.25, -0.2) is 0 Å². The number of hydrogen-bond acceptors (Lipinski definition) is 3. The van der Waals surface area contributed by atoms with Crippen molar-refractivity contribution in [2.75, 3.05) is 0 Å². The van der Waals surface area contributed by atoms with Crippen LogP contribution in [0.15, 0.2) is 35.5 Å². The zero-order chi connectivity index (χ0) is 11.1. The summed E-state index contributed by atoms with van der Waals surface area (Å²) in [4.78, 5) is 0. The predicted octanol–water partition coefficient (Wildman–Crippen LogP) is 2.82. The van der Waals surface area contributed by atoms with Crippen molar-refractivity contribution in [2.24, 2.45) is 5.41 Å². The Hall–Kier alpha value is -2.00. The van der Waals surface area contributed by atoms with Crippen LogP contribution in [-0.2, 0) is 6.42 Å². The highest BCUT2D eigenvalue weighted by molar-refractivity contribution is 5.19. The van der Waals surface area contributed by atoms with Crippen molar-refractivity contribution in [2.45, 2.75) is 19.3 Å². The standard InChI is InChI=1S/C12H12N2O/c1-2-3-6-12(9-13,10-14)8-11-5-4-7-15-11/h2,4-5,7H,1,3,6,8H2. The van der Waals surface area contributed by atoms with E-state index >= 15 is 0 Å². The van der Waals surface area contributed by atoms with Crippen LogP contribution in [-0.4, -0.2) is 0 Å². The molecule has 76 valence electrons. The van der Waals surface area contributed by atoms with Crippen LogP contribution in [0, 0.1) is 28.1 Å². The predicted molar refractivity (Wildman–Crippen MR) is 55.5 cm³/mol. The quantitative estimate of drug-likeness (QED) is 0.686. The molecule has 0 aliphatic rings. The maximum Gasteiger partial charge on any atom is 0.151 e. The van der Waals surface area contributed by atoms with Gasteiger partial charge in [0.15, 0.2) is 5.41 Å². The molecular weight excluding hydrogens is 188 g/mol. The normalized spacial score (nSPS) is 10.3. The molecule has 3 nitrogen and oxygen atoms in total. The molecule has 1 aromatic rings. The van der Waals surface area contributed by atoms with Gasteiger partial charge in [-0.05, 0) is 25.0 Å². The summed E-state index contributed by atoms with van der Waals surface area (Å²) < 4.78 is 5.14. The van der Waals surface area contributed by atoms with Crippen LogP contribution in [0.1, 0.15) is 18.6 Å². The molecule has 0 fully saturated rings. The summed E-state index contributed by atoms with van der Waals surface area (Å²) in [5.74, 6) is 0.669. The van der Waals surface area contributed by atoms with Gasteiger partial charge < -0.3 is 4.42 Å². The van der Waals surface area contributed by atoms with E-state index in [1.54, 1.807) is 24.5 Å². The number of allylic oxidation sites excluding steroid dienone is 1. The van der Waals surface area contributed by atoms with Crippen LogP contribution in [0.4, 0.5) is 0 Å². The average Bonchev–Trinajstić information content (AvgIpc) is 2.77. The van der Waals surface area contributed by atoms with Crippen molar-refractivity contribution in [1.29, 1.82) is 10.5 Å². The van der Waals surface area contributed by atoms with Crippen LogP contribution >= 0.6 is 0 Å². The van der Waals surface area contributed by atoms with Gasteiger partial charge in [0.2, 0.25) is 0 Å². The summed E-state index contributed by atoms with van der Waals surface area (Å²) in [6.45, 7) is 3.59. The first-order chi connectivity index (χ1) is 7.26. The first-order valence-electron chi connectivity index (χ1n) is 4.72. The van der Waals surface area contributed by atoms with Crippen molar-refractivity contribution in [3.63, 3.8) is 0 Å². The summed E-state index contributed by atoms with van der Waals surface area (Å²) in [7, 11) is 0. The van der Waals surface area contributed by atoms with E-state index in [-0.39, 0.29) is 0 Å². The van der Waals surface area contributed by atoms with Crippen LogP contribution < -0.4 is 0 Å². The maximum atomic E-state index is 9.05. The van der Waals surface area contributed by atoms with Gasteiger partial charge >= 0.3 is 0 Å². The molecule has 0 bridgehead atoms. The Morgan fingerprint density at radius 1 is 1.47 bits per heavy atom. The molecule has 0 aliphatic carbocycles. The molecule has 0 atom stereocenters. The van der Waals surface area contributed by atoms with E-state index in [1.165, 1.54) is 0 Å². The third kappa shape index (κ3) is 2.72. The molecule has 15 heavy (non-hydrogen) atoms. The molecule has 0 N–H and O–H groups in total. The first-order valence-corrected chi connectivity index (χ1v) is 4.72. The second kappa shape index (κ2) is 5.02. The van der Waals surface area contributed by atoms with E-state index in [1.807, 2.05) is 0 Å². The second-order valence-electron chi connectivity index (χ2n) is 3.39. The minimum atomic E-state index is -0.994. The van der Waals surface area contributed by atoms with Gasteiger partial charge in [0.1, 0.15) is 5.76 Å². The molecule has 0 unspecified atom stereocenters. The Bertz CT molecular complexity index is 378. The van der Waals surface area contributed by atoms with Gasteiger partial charge in [0.25, 0.3) is 0 Å². The van der Waals surface area contributed by atoms with E-state index < -0.39 is 5.41 Å². The molecule has 1 rings (SSSR count). The number of hydrogen-bond donors (Lipinski definition) is 0. The molecule has 0 amide bonds. The summed E-state index contributed by atoms with van der Waals surface area (Å²) in [6.07, 6.45) is 4.74. The van der Waals surface area contributed by atoms with Crippen molar-refractivity contribution in [3.05, 3.63) is 36.8 Å². The highest BCUT2D eigenvalue weighted by Gasteiger charge is 2.30. The van der Waals surface area contributed by atoms with Gasteiger partial charge in [-0.3, -0.25) is 0 Å². The fraction of sp³-hybridized carbons (Fsp3) is 0.333. The highest BCUT2D eigenvalue weighted by Crippen LogP contribution is 2.27. The average molecular weight is 200 g/mol. The lowest BCUT2D eigenvalue weighted by molar-refractivity contribution is 0.411. The Morgan fingerprint density at radius 2 is 2.20 bits per heavy atom. The van der Waals surface area contributed by atoms with Crippen LogP contribution in [0.2, 0.25) is 0 Å². The van der Waals surface area contributed by atoms with Gasteiger partial charge in [0.05, 0.1) is 18.4 Å². The molecule has 0 aliphatic heterocycles. The minimum Gasteiger partial charge on any atom is -0.469 e. The molecule has 0 radical (unpaired) electrons. The van der Waals surface area contributed by atoms with Gasteiger partial charge in [-0.2, -0.15) is 10.5 Å². The summed E-state index contributed by atoms with van der Waals surface area (Å²) in [5.41, 5.74) is -0.994. The zero-order valence-electron chi connectivity index (χ0n) is 8.44. The lowest BCUT2D eigenvalue weighted by Gasteiger charge is -2.15. The summed E-state index contributed by atoms with van der Waals surface area (Å²) >= 11 is 0. The van der Waals surface area contributed by atoms with Gasteiger partial charge in [0, 0.05) is 6.42 Å². The molecule has 0 saturated heterocycles. The summed E-state index contributed by atoms with van der Waals surface area (Å²) in [6, 6.07) is 7.67. The summed E-state index contributed by atoms with van der Waals surface area (Å²) in [5, 5.41) is 18.1. The molecular formula is C12H12N2O. The Kier molecular flexibility index (Phi) is 3.71. The maximum absolute atomic E-state index is 9.05. The minimum absolute atomic E-state index is 0.334. The third-order valence-corrected chi connectivity index (χ3v) is 2.26. The van der Waals surface area contributed by atoms with Crippen molar-refractivity contribution in [3.8, 4) is 12.1 Å². The van der Waals surface area contributed by atoms with Crippen molar-refractivity contribution in [1.82, 2.24) is 0 Å². The smallest absolute Gasteiger partial charge is 0.151 e. The SMILES string of the molecule is C=CCCC(C#N)(C#N)Cc1ccco1. The van der Waals surface area contributed by atoms with E-state index in [2.05, 4.69) is 18.7 Å². The van der Waals surface area contributed by atoms with E-state index in [0.717, 1.165) is 0 Å². The number of rotatable bonds is 5. The zero-order valence-corrected chi connectivity index (χ0v) is 8.44. The van der Waals surface area contributed by atoms with Crippen LogP contribution in [0.25, 0.3) is 0 Å². The Balaban J connectivity index is 2.79. The Labute approximate surface area is 89.2 Å². The van der Waals surface area contributed by atoms with E-state index in [4.69, 9.17) is 14.9 Å². The fourth-order valence-corrected chi connectivity index (χ4v) is 1.36. The monoisotopic (exact) mass is 200 g/mol. The molecule has 0 spiro atoms. The van der Waals surface area contributed by atoms with Crippen molar-refractivity contribution < 1.29 is 4.42 Å². The second-order valence-corrected chi connectivity index (χ2v) is 3.39. The van der Waals surface area contributed by atoms with E-state index in [0.29, 0.717) is 25.0 Å². The molecule has 0 aromatic carbocycles. The topological polar surface area (TPSA) is 60.7 Å². The largest absolute Gasteiger partial charge is 0.469 e. The Morgan fingerprint density at radius 3 is 2.67 bits per heavy atom. The number of nitriles is 2. The molecule has 1 heterocycles. The molecule has 3 heteroatoms. The third-order valence-electron chi connectivity index (χ3n) is 2.26. The van der Waals surface area contributed by atoms with Gasteiger partial charge in [-0.15, -0.1) is 6.58 Å². The molecule has 1 aromatic heterocycles. The van der Waals surface area contributed by atoms with E-state index in [9.17, 15) is 0 Å². The lowest BCUT2D eigenvalue weighted by atomic mass is 9.82. The van der Waals surface area contributed by atoms with Crippen LogP contribution in [0.5, 0.6) is 0 Å². The molecule has 0 saturated carbocycles. The number of furan rings is 1. The fourth-order valence-electron chi connectivity index (χ4n) is 1.36. The first kappa shape index (κ1) is 11.1. The van der Waals surface area contributed by atoms with Crippen molar-refractivity contribution >= 4 is 0 Å². The highest BCUT2D eigenvalue weighted by atomic mass is 16.3. The lowest BCUT2D eigenvalue weighted by Crippen LogP contribution is -2.19. The van der Waals surface area contributed by atoms with Gasteiger partial charge in [-0.1, -0.05) is 6.08 Å².